The van der Waals surface area contributed by atoms with Crippen molar-refractivity contribution in [1.82, 2.24) is 15.0 Å². The Kier molecular flexibility index (Phi) is 7.54. The minimum Gasteiger partial charge on any atom is -0.456 e. The molecule has 0 amide bonds. The van der Waals surface area contributed by atoms with Crippen LogP contribution in [0.3, 0.4) is 0 Å². The second-order valence-corrected chi connectivity index (χ2v) is 15.9. The molecule has 0 aliphatic heterocycles. The molecule has 0 bridgehead atoms. The maximum absolute atomic E-state index is 6.37. The average Bonchev–Trinajstić information content (AvgIpc) is 3.92. The molecule has 0 aliphatic carbocycles. The van der Waals surface area contributed by atoms with Crippen LogP contribution in [0.15, 0.2) is 209 Å². The number of aromatic nitrogens is 3. The van der Waals surface area contributed by atoms with Crippen LogP contribution in [0, 0.1) is 0 Å². The van der Waals surface area contributed by atoms with Crippen molar-refractivity contribution in [2.24, 2.45) is 0 Å². The van der Waals surface area contributed by atoms with E-state index in [0.717, 1.165) is 104 Å². The summed E-state index contributed by atoms with van der Waals surface area (Å²) < 4.78 is 12.7. The molecule has 13 aromatic rings. The van der Waals surface area contributed by atoms with E-state index in [1.165, 1.54) is 11.1 Å². The Morgan fingerprint density at radius 1 is 0.258 bits per heavy atom. The van der Waals surface area contributed by atoms with E-state index in [1.54, 1.807) is 0 Å². The van der Waals surface area contributed by atoms with Gasteiger partial charge >= 0.3 is 0 Å². The van der Waals surface area contributed by atoms with Gasteiger partial charge in [0.2, 0.25) is 0 Å². The van der Waals surface area contributed by atoms with E-state index in [2.05, 4.69) is 164 Å². The van der Waals surface area contributed by atoms with E-state index in [0.29, 0.717) is 17.5 Å². The summed E-state index contributed by atoms with van der Waals surface area (Å²) in [5.74, 6) is 1.78. The minimum absolute atomic E-state index is 0.591. The van der Waals surface area contributed by atoms with Gasteiger partial charge in [-0.05, 0) is 109 Å². The molecule has 0 radical (unpaired) electrons. The third-order valence-corrected chi connectivity index (χ3v) is 12.3. The molecule has 5 nitrogen and oxygen atoms in total. The highest BCUT2D eigenvalue weighted by molar-refractivity contribution is 6.19. The fourth-order valence-electron chi connectivity index (χ4n) is 9.30. The maximum Gasteiger partial charge on any atom is 0.164 e. The van der Waals surface area contributed by atoms with Gasteiger partial charge in [0.25, 0.3) is 0 Å². The second kappa shape index (κ2) is 13.6. The Hall–Kier alpha value is -8.41. The summed E-state index contributed by atoms with van der Waals surface area (Å²) in [6.07, 6.45) is 0. The summed E-state index contributed by atoms with van der Waals surface area (Å²) in [5, 5.41) is 11.0. The predicted octanol–water partition coefficient (Wildman–Crippen LogP) is 15.5. The van der Waals surface area contributed by atoms with Crippen LogP contribution in [0.25, 0.3) is 133 Å². The first-order chi connectivity index (χ1) is 30.7. The van der Waals surface area contributed by atoms with Crippen molar-refractivity contribution >= 4 is 76.2 Å². The predicted molar refractivity (Wildman–Crippen MR) is 254 cm³/mol. The number of hydrogen-bond donors (Lipinski definition) is 0. The van der Waals surface area contributed by atoms with Gasteiger partial charge in [-0.1, -0.05) is 146 Å². The summed E-state index contributed by atoms with van der Waals surface area (Å²) in [6.45, 7) is 0. The number of benzene rings is 10. The lowest BCUT2D eigenvalue weighted by Crippen LogP contribution is -2.01. The summed E-state index contributed by atoms with van der Waals surface area (Å²) in [6, 6.07) is 70.0. The van der Waals surface area contributed by atoms with Crippen LogP contribution in [-0.4, -0.2) is 15.0 Å². The highest BCUT2D eigenvalue weighted by atomic mass is 16.3. The Morgan fingerprint density at radius 3 is 1.55 bits per heavy atom. The normalized spacial score (nSPS) is 11.9. The molecule has 5 heteroatoms. The first-order valence-electron chi connectivity index (χ1n) is 20.8. The van der Waals surface area contributed by atoms with Gasteiger partial charge in [-0.2, -0.15) is 0 Å². The number of hydrogen-bond acceptors (Lipinski definition) is 5. The molecule has 3 aromatic heterocycles. The molecule has 0 atom stereocenters. The third kappa shape index (κ3) is 5.52. The monoisotopic (exact) mass is 791 g/mol. The zero-order valence-corrected chi connectivity index (χ0v) is 33.2. The van der Waals surface area contributed by atoms with E-state index >= 15 is 0 Å². The minimum atomic E-state index is 0.591. The maximum atomic E-state index is 6.37. The van der Waals surface area contributed by atoms with Crippen LogP contribution in [0.4, 0.5) is 0 Å². The Morgan fingerprint density at radius 2 is 0.790 bits per heavy atom. The molecule has 10 aromatic carbocycles. The summed E-state index contributed by atoms with van der Waals surface area (Å²) >= 11 is 0. The van der Waals surface area contributed by atoms with Crippen molar-refractivity contribution in [3.8, 4) is 56.4 Å². The molecule has 3 heterocycles. The highest BCUT2D eigenvalue weighted by Crippen LogP contribution is 2.42. The van der Waals surface area contributed by atoms with Crippen molar-refractivity contribution in [2.75, 3.05) is 0 Å². The van der Waals surface area contributed by atoms with Crippen molar-refractivity contribution in [1.29, 1.82) is 0 Å². The summed E-state index contributed by atoms with van der Waals surface area (Å²) in [7, 11) is 0. The first kappa shape index (κ1) is 34.5. The van der Waals surface area contributed by atoms with Crippen molar-refractivity contribution in [3.05, 3.63) is 200 Å². The molecule has 0 saturated heterocycles. The number of rotatable bonds is 5. The van der Waals surface area contributed by atoms with Gasteiger partial charge in [0.05, 0.1) is 0 Å². The first-order valence-corrected chi connectivity index (χ1v) is 20.8. The largest absolute Gasteiger partial charge is 0.456 e. The zero-order chi connectivity index (χ0) is 40.7. The molecule has 288 valence electrons. The van der Waals surface area contributed by atoms with Gasteiger partial charge in [-0.15, -0.1) is 0 Å². The number of para-hydroxylation sites is 2. The van der Waals surface area contributed by atoms with Crippen molar-refractivity contribution < 1.29 is 8.83 Å². The second-order valence-electron chi connectivity index (χ2n) is 15.9. The molecule has 13 rings (SSSR count). The lowest BCUT2D eigenvalue weighted by Gasteiger charge is -2.14. The molecule has 0 saturated carbocycles. The molecular formula is C57H33N3O2. The van der Waals surface area contributed by atoms with Crippen LogP contribution in [-0.2, 0) is 0 Å². The van der Waals surface area contributed by atoms with Crippen molar-refractivity contribution in [3.63, 3.8) is 0 Å². The lowest BCUT2D eigenvalue weighted by molar-refractivity contribution is 0.668. The van der Waals surface area contributed by atoms with Crippen LogP contribution in [0.1, 0.15) is 0 Å². The topological polar surface area (TPSA) is 65.0 Å². The quantitative estimate of drug-likeness (QED) is 0.174. The third-order valence-electron chi connectivity index (χ3n) is 12.3. The zero-order valence-electron chi connectivity index (χ0n) is 33.2. The lowest BCUT2D eigenvalue weighted by atomic mass is 9.92. The Bertz CT molecular complexity index is 3940. The summed E-state index contributed by atoms with van der Waals surface area (Å²) in [5.41, 5.74) is 10.7. The van der Waals surface area contributed by atoms with E-state index in [9.17, 15) is 0 Å². The number of nitrogens with zero attached hydrogens (tertiary/aromatic N) is 3. The Labute approximate surface area is 355 Å². The van der Waals surface area contributed by atoms with E-state index < -0.39 is 0 Å². The van der Waals surface area contributed by atoms with Gasteiger partial charge in [-0.25, -0.2) is 15.0 Å². The van der Waals surface area contributed by atoms with Gasteiger partial charge in [-0.3, -0.25) is 0 Å². The average molecular weight is 792 g/mol. The van der Waals surface area contributed by atoms with Crippen LogP contribution in [0.2, 0.25) is 0 Å². The summed E-state index contributed by atoms with van der Waals surface area (Å²) in [4.78, 5) is 15.9. The van der Waals surface area contributed by atoms with Crippen LogP contribution < -0.4 is 0 Å². The van der Waals surface area contributed by atoms with Gasteiger partial charge < -0.3 is 8.83 Å². The molecule has 0 fully saturated rings. The van der Waals surface area contributed by atoms with E-state index in [-0.39, 0.29) is 0 Å². The molecule has 0 aliphatic rings. The van der Waals surface area contributed by atoms with Crippen LogP contribution in [0.5, 0.6) is 0 Å². The number of fused-ring (bicyclic) bond motifs is 10. The number of furan rings is 2. The SMILES string of the molecule is c1ccc(-c2ccc3cc(-c4nc(-c5cc(-c6cccc7oc8ccccc8c67)c6ccccc6c5)nc(-c5ccc6ccc7oc8ccccc8c7c6c5)n4)ccc3c2)cc1. The molecule has 0 unspecified atom stereocenters. The Balaban J connectivity index is 1.04. The fourth-order valence-corrected chi connectivity index (χ4v) is 9.30. The molecule has 62 heavy (non-hydrogen) atoms. The molecule has 0 spiro atoms. The highest BCUT2D eigenvalue weighted by Gasteiger charge is 2.19. The van der Waals surface area contributed by atoms with Gasteiger partial charge in [0.15, 0.2) is 17.5 Å². The van der Waals surface area contributed by atoms with E-state index in [4.69, 9.17) is 23.8 Å². The standard InChI is InChI=1S/C57H33N3O2/c1-2-11-34(12-3-1)36-22-23-38-30-40(26-24-37(38)29-36)55-58-56(41-25-21-35-27-28-52-54(47(35)32-41)46-16-7-9-19-50(46)62-52)60-57(59-55)42-31-39-13-4-5-14-43(39)48(33-42)44-17-10-20-51-53(44)45-15-6-8-18-49(45)61-51/h1-33H. The smallest absolute Gasteiger partial charge is 0.164 e. The van der Waals surface area contributed by atoms with Crippen LogP contribution >= 0.6 is 0 Å². The van der Waals surface area contributed by atoms with Gasteiger partial charge in [0.1, 0.15) is 22.3 Å². The van der Waals surface area contributed by atoms with Gasteiger partial charge in [0, 0.05) is 38.2 Å². The molecular weight excluding hydrogens is 759 g/mol. The van der Waals surface area contributed by atoms with E-state index in [1.807, 2.05) is 36.4 Å². The van der Waals surface area contributed by atoms with Crippen molar-refractivity contribution in [2.45, 2.75) is 0 Å². The fraction of sp³-hybridized carbons (Fsp3) is 0. The molecule has 0 N–H and O–H groups in total.